The minimum absolute atomic E-state index is 0.168. The van der Waals surface area contributed by atoms with Gasteiger partial charge in [0.05, 0.1) is 0 Å². The van der Waals surface area contributed by atoms with Crippen LogP contribution in [0.1, 0.15) is 40.0 Å². The third-order valence-corrected chi connectivity index (χ3v) is 3.67. The molecule has 0 spiro atoms. The number of nitrogens with one attached hydrogen (secondary N) is 2. The van der Waals surface area contributed by atoms with Crippen LogP contribution in [-0.4, -0.2) is 49.1 Å². The quantitative estimate of drug-likeness (QED) is 0.754. The molecule has 0 bridgehead atoms. The molecule has 1 fully saturated rings. The summed E-state index contributed by atoms with van der Waals surface area (Å²) in [7, 11) is 2.03. The van der Waals surface area contributed by atoms with E-state index in [4.69, 9.17) is 0 Å². The highest BCUT2D eigenvalue weighted by molar-refractivity contribution is 5.76. The van der Waals surface area contributed by atoms with E-state index in [-0.39, 0.29) is 17.5 Å². The highest BCUT2D eigenvalue weighted by Crippen LogP contribution is 2.20. The zero-order valence-electron chi connectivity index (χ0n) is 11.7. The molecule has 0 radical (unpaired) electrons. The third-order valence-electron chi connectivity index (χ3n) is 3.67. The SMILES string of the molecule is CNC1(C)CCN(CCC(=O)NC(C)C)CC1. The number of amides is 1. The number of hydrogen-bond acceptors (Lipinski definition) is 3. The van der Waals surface area contributed by atoms with Gasteiger partial charge in [-0.2, -0.15) is 0 Å². The van der Waals surface area contributed by atoms with Crippen LogP contribution in [0.15, 0.2) is 0 Å². The van der Waals surface area contributed by atoms with E-state index >= 15 is 0 Å². The molecule has 1 aliphatic rings. The Balaban J connectivity index is 2.20. The van der Waals surface area contributed by atoms with Crippen LogP contribution in [-0.2, 0) is 4.79 Å². The number of likely N-dealkylation sites (tertiary alicyclic amines) is 1. The van der Waals surface area contributed by atoms with Crippen molar-refractivity contribution < 1.29 is 4.79 Å². The molecule has 0 aromatic carbocycles. The van der Waals surface area contributed by atoms with Gasteiger partial charge in [-0.05, 0) is 53.8 Å². The molecule has 4 heteroatoms. The van der Waals surface area contributed by atoms with Gasteiger partial charge in [-0.25, -0.2) is 0 Å². The average molecular weight is 241 g/mol. The Bertz CT molecular complexity index is 245. The monoisotopic (exact) mass is 241 g/mol. The number of carbonyl (C=O) groups is 1. The topological polar surface area (TPSA) is 44.4 Å². The summed E-state index contributed by atoms with van der Waals surface area (Å²) in [6, 6.07) is 0.247. The third kappa shape index (κ3) is 5.04. The number of nitrogens with zero attached hydrogens (tertiary/aromatic N) is 1. The summed E-state index contributed by atoms with van der Waals surface area (Å²) in [5.74, 6) is 0.168. The Morgan fingerprint density at radius 2 is 1.94 bits per heavy atom. The second-order valence-corrected chi connectivity index (χ2v) is 5.62. The van der Waals surface area contributed by atoms with E-state index in [0.29, 0.717) is 6.42 Å². The van der Waals surface area contributed by atoms with Gasteiger partial charge in [0.25, 0.3) is 0 Å². The van der Waals surface area contributed by atoms with Crippen LogP contribution in [0.4, 0.5) is 0 Å². The van der Waals surface area contributed by atoms with Crippen LogP contribution in [0, 0.1) is 0 Å². The molecule has 17 heavy (non-hydrogen) atoms. The van der Waals surface area contributed by atoms with E-state index in [9.17, 15) is 4.79 Å². The van der Waals surface area contributed by atoms with Gasteiger partial charge < -0.3 is 15.5 Å². The molecule has 1 saturated heterocycles. The number of rotatable bonds is 5. The Morgan fingerprint density at radius 3 is 2.41 bits per heavy atom. The van der Waals surface area contributed by atoms with Gasteiger partial charge >= 0.3 is 0 Å². The van der Waals surface area contributed by atoms with Gasteiger partial charge in [-0.3, -0.25) is 4.79 Å². The van der Waals surface area contributed by atoms with Crippen LogP contribution >= 0.6 is 0 Å². The molecule has 1 rings (SSSR count). The van der Waals surface area contributed by atoms with E-state index in [0.717, 1.165) is 32.5 Å². The fourth-order valence-electron chi connectivity index (χ4n) is 2.17. The standard InChI is InChI=1S/C13H27N3O/c1-11(2)15-12(17)5-8-16-9-6-13(3,14-4)7-10-16/h11,14H,5-10H2,1-4H3,(H,15,17). The first kappa shape index (κ1) is 14.5. The van der Waals surface area contributed by atoms with Crippen LogP contribution < -0.4 is 10.6 Å². The minimum Gasteiger partial charge on any atom is -0.354 e. The average Bonchev–Trinajstić information content (AvgIpc) is 2.27. The van der Waals surface area contributed by atoms with Crippen molar-refractivity contribution in [2.24, 2.45) is 0 Å². The smallest absolute Gasteiger partial charge is 0.221 e. The summed E-state index contributed by atoms with van der Waals surface area (Å²) in [6.45, 7) is 9.33. The Hall–Kier alpha value is -0.610. The molecular weight excluding hydrogens is 214 g/mol. The summed E-state index contributed by atoms with van der Waals surface area (Å²) in [5.41, 5.74) is 0.288. The fraction of sp³-hybridized carbons (Fsp3) is 0.923. The second-order valence-electron chi connectivity index (χ2n) is 5.62. The van der Waals surface area contributed by atoms with Gasteiger partial charge in [-0.15, -0.1) is 0 Å². The first-order valence-corrected chi connectivity index (χ1v) is 6.66. The van der Waals surface area contributed by atoms with Crippen LogP contribution in [0.3, 0.4) is 0 Å². The lowest BCUT2D eigenvalue weighted by Crippen LogP contribution is -2.50. The van der Waals surface area contributed by atoms with Crippen molar-refractivity contribution >= 4 is 5.91 Å². The predicted octanol–water partition coefficient (Wildman–Crippen LogP) is 0.975. The first-order valence-electron chi connectivity index (χ1n) is 6.66. The van der Waals surface area contributed by atoms with Crippen molar-refractivity contribution in [2.75, 3.05) is 26.7 Å². The summed E-state index contributed by atoms with van der Waals surface area (Å²) in [6.07, 6.45) is 2.94. The maximum Gasteiger partial charge on any atom is 0.221 e. The van der Waals surface area contributed by atoms with Crippen molar-refractivity contribution in [2.45, 2.75) is 51.6 Å². The van der Waals surface area contributed by atoms with Gasteiger partial charge in [0.2, 0.25) is 5.91 Å². The highest BCUT2D eigenvalue weighted by atomic mass is 16.1. The lowest BCUT2D eigenvalue weighted by atomic mass is 9.90. The van der Waals surface area contributed by atoms with Gasteiger partial charge in [0.15, 0.2) is 0 Å². The lowest BCUT2D eigenvalue weighted by Gasteiger charge is -2.39. The van der Waals surface area contributed by atoms with Crippen LogP contribution in [0.25, 0.3) is 0 Å². The van der Waals surface area contributed by atoms with Crippen molar-refractivity contribution in [3.63, 3.8) is 0 Å². The van der Waals surface area contributed by atoms with Gasteiger partial charge in [0, 0.05) is 24.5 Å². The fourth-order valence-corrected chi connectivity index (χ4v) is 2.17. The second kappa shape index (κ2) is 6.36. The van der Waals surface area contributed by atoms with Gasteiger partial charge in [0.1, 0.15) is 0 Å². The lowest BCUT2D eigenvalue weighted by molar-refractivity contribution is -0.122. The summed E-state index contributed by atoms with van der Waals surface area (Å²) >= 11 is 0. The molecular formula is C13H27N3O. The molecule has 0 aliphatic carbocycles. The van der Waals surface area contributed by atoms with E-state index in [1.165, 1.54) is 0 Å². The maximum absolute atomic E-state index is 11.5. The normalized spacial score (nSPS) is 20.5. The molecule has 0 unspecified atom stereocenters. The number of hydrogen-bond donors (Lipinski definition) is 2. The summed E-state index contributed by atoms with van der Waals surface area (Å²) < 4.78 is 0. The van der Waals surface area contributed by atoms with Gasteiger partial charge in [-0.1, -0.05) is 0 Å². The zero-order chi connectivity index (χ0) is 12.9. The van der Waals surface area contributed by atoms with Crippen LogP contribution in [0.2, 0.25) is 0 Å². The molecule has 1 heterocycles. The molecule has 1 amide bonds. The van der Waals surface area contributed by atoms with Crippen molar-refractivity contribution in [3.05, 3.63) is 0 Å². The molecule has 4 nitrogen and oxygen atoms in total. The highest BCUT2D eigenvalue weighted by Gasteiger charge is 2.28. The molecule has 0 aromatic rings. The Labute approximate surface area is 105 Å². The summed E-state index contributed by atoms with van der Waals surface area (Å²) in [4.78, 5) is 13.9. The summed E-state index contributed by atoms with van der Waals surface area (Å²) in [5, 5.41) is 6.32. The van der Waals surface area contributed by atoms with Crippen molar-refractivity contribution in [1.82, 2.24) is 15.5 Å². The largest absolute Gasteiger partial charge is 0.354 e. The molecule has 100 valence electrons. The predicted molar refractivity (Wildman–Crippen MR) is 71.0 cm³/mol. The molecule has 0 atom stereocenters. The molecule has 2 N–H and O–H groups in total. The minimum atomic E-state index is 0.168. The van der Waals surface area contributed by atoms with Crippen LogP contribution in [0.5, 0.6) is 0 Å². The molecule has 0 aromatic heterocycles. The number of carbonyl (C=O) groups excluding carboxylic acids is 1. The van der Waals surface area contributed by atoms with E-state index in [2.05, 4.69) is 22.5 Å². The van der Waals surface area contributed by atoms with Crippen molar-refractivity contribution in [3.8, 4) is 0 Å². The Morgan fingerprint density at radius 1 is 1.35 bits per heavy atom. The number of piperidine rings is 1. The Kier molecular flexibility index (Phi) is 5.40. The van der Waals surface area contributed by atoms with E-state index < -0.39 is 0 Å². The van der Waals surface area contributed by atoms with E-state index in [1.807, 2.05) is 20.9 Å². The zero-order valence-corrected chi connectivity index (χ0v) is 11.7. The molecule has 1 aliphatic heterocycles. The van der Waals surface area contributed by atoms with E-state index in [1.54, 1.807) is 0 Å². The molecule has 0 saturated carbocycles. The maximum atomic E-state index is 11.5. The van der Waals surface area contributed by atoms with Crippen molar-refractivity contribution in [1.29, 1.82) is 0 Å². The first-order chi connectivity index (χ1) is 7.95.